The van der Waals surface area contributed by atoms with Crippen molar-refractivity contribution >= 4 is 5.91 Å². The van der Waals surface area contributed by atoms with Crippen molar-refractivity contribution in [2.45, 2.75) is 18.9 Å². The van der Waals surface area contributed by atoms with Gasteiger partial charge in [-0.2, -0.15) is 0 Å². The van der Waals surface area contributed by atoms with E-state index in [1.165, 1.54) is 0 Å². The van der Waals surface area contributed by atoms with Crippen molar-refractivity contribution in [1.29, 1.82) is 0 Å². The first-order valence-corrected chi connectivity index (χ1v) is 5.66. The lowest BCUT2D eigenvalue weighted by atomic mass is 10.2. The van der Waals surface area contributed by atoms with Gasteiger partial charge in [0.15, 0.2) is 0 Å². The minimum atomic E-state index is 0.0540. The molecule has 1 unspecified atom stereocenters. The van der Waals surface area contributed by atoms with Gasteiger partial charge in [-0.1, -0.05) is 0 Å². The number of rotatable bonds is 3. The fraction of sp³-hybridized carbons (Fsp3) is 0.636. The van der Waals surface area contributed by atoms with E-state index in [1.54, 1.807) is 17.1 Å². The van der Waals surface area contributed by atoms with Gasteiger partial charge < -0.3 is 14.8 Å². The number of likely N-dealkylation sites (tertiary alicyclic amines) is 1. The summed E-state index contributed by atoms with van der Waals surface area (Å²) in [7, 11) is 3.79. The second-order valence-corrected chi connectivity index (χ2v) is 4.28. The van der Waals surface area contributed by atoms with Crippen molar-refractivity contribution in [2.24, 2.45) is 7.05 Å². The van der Waals surface area contributed by atoms with Gasteiger partial charge in [-0.3, -0.25) is 4.79 Å². The van der Waals surface area contributed by atoms with Crippen LogP contribution in [0.2, 0.25) is 0 Å². The summed E-state index contributed by atoms with van der Waals surface area (Å²) in [6.07, 6.45) is 5.61. The van der Waals surface area contributed by atoms with Crippen molar-refractivity contribution in [2.75, 3.05) is 20.1 Å². The Bertz CT molecular complexity index is 374. The van der Waals surface area contributed by atoms with Gasteiger partial charge in [0.05, 0.1) is 6.33 Å². The van der Waals surface area contributed by atoms with E-state index in [9.17, 15) is 4.79 Å². The topological polar surface area (TPSA) is 50.2 Å². The zero-order valence-corrected chi connectivity index (χ0v) is 9.81. The van der Waals surface area contributed by atoms with Gasteiger partial charge in [0.1, 0.15) is 5.69 Å². The second-order valence-electron chi connectivity index (χ2n) is 4.28. The van der Waals surface area contributed by atoms with E-state index in [-0.39, 0.29) is 5.91 Å². The van der Waals surface area contributed by atoms with Crippen LogP contribution in [0, 0.1) is 0 Å². The molecule has 0 spiro atoms. The first-order valence-electron chi connectivity index (χ1n) is 5.66. The Hall–Kier alpha value is -1.36. The number of aryl methyl sites for hydroxylation is 1. The van der Waals surface area contributed by atoms with Crippen LogP contribution >= 0.6 is 0 Å². The van der Waals surface area contributed by atoms with Crippen molar-refractivity contribution in [1.82, 2.24) is 19.8 Å². The number of amides is 1. The molecule has 5 heteroatoms. The molecule has 1 aromatic rings. The van der Waals surface area contributed by atoms with E-state index >= 15 is 0 Å². The normalized spacial score (nSPS) is 20.4. The Morgan fingerprint density at radius 3 is 3.12 bits per heavy atom. The summed E-state index contributed by atoms with van der Waals surface area (Å²) in [5.74, 6) is 0.0540. The maximum absolute atomic E-state index is 12.2. The van der Waals surface area contributed by atoms with Crippen LogP contribution in [0.1, 0.15) is 23.3 Å². The summed E-state index contributed by atoms with van der Waals surface area (Å²) < 4.78 is 1.80. The van der Waals surface area contributed by atoms with Gasteiger partial charge in [0, 0.05) is 32.4 Å². The molecule has 5 nitrogen and oxygen atoms in total. The molecule has 88 valence electrons. The van der Waals surface area contributed by atoms with Gasteiger partial charge in [-0.15, -0.1) is 0 Å². The van der Waals surface area contributed by atoms with Gasteiger partial charge in [0.25, 0.3) is 5.91 Å². The van der Waals surface area contributed by atoms with Gasteiger partial charge in [0.2, 0.25) is 0 Å². The number of nitrogens with zero attached hydrogens (tertiary/aromatic N) is 3. The lowest BCUT2D eigenvalue weighted by Crippen LogP contribution is -2.40. The molecule has 1 atom stereocenters. The Morgan fingerprint density at radius 1 is 1.69 bits per heavy atom. The highest BCUT2D eigenvalue weighted by Gasteiger charge is 2.29. The number of nitrogens with one attached hydrogen (secondary N) is 1. The van der Waals surface area contributed by atoms with E-state index in [0.717, 1.165) is 25.9 Å². The van der Waals surface area contributed by atoms with Crippen LogP contribution in [0.4, 0.5) is 0 Å². The van der Waals surface area contributed by atoms with Crippen molar-refractivity contribution in [3.05, 3.63) is 18.2 Å². The summed E-state index contributed by atoms with van der Waals surface area (Å²) in [5, 5.41) is 3.13. The van der Waals surface area contributed by atoms with Crippen molar-refractivity contribution in [3.8, 4) is 0 Å². The third-order valence-corrected chi connectivity index (χ3v) is 3.00. The van der Waals surface area contributed by atoms with Crippen molar-refractivity contribution in [3.63, 3.8) is 0 Å². The predicted octanol–water partition coefficient (Wildman–Crippen LogP) is 0.244. The van der Waals surface area contributed by atoms with Crippen molar-refractivity contribution < 1.29 is 4.79 Å². The molecule has 2 heterocycles. The van der Waals surface area contributed by atoms with Crippen LogP contribution in [0.3, 0.4) is 0 Å². The number of hydrogen-bond donors (Lipinski definition) is 1. The standard InChI is InChI=1S/C11H18N4O/c1-12-6-9-4-3-5-15(9)11(16)10-7-14(2)8-13-10/h7-9,12H,3-6H2,1-2H3. The molecular weight excluding hydrogens is 204 g/mol. The number of carbonyl (C=O) groups excluding carboxylic acids is 1. The third kappa shape index (κ3) is 2.09. The van der Waals surface area contributed by atoms with Crippen LogP contribution in [0.5, 0.6) is 0 Å². The molecule has 1 aromatic heterocycles. The maximum atomic E-state index is 12.2. The predicted molar refractivity (Wildman–Crippen MR) is 61.2 cm³/mol. The largest absolute Gasteiger partial charge is 0.340 e. The summed E-state index contributed by atoms with van der Waals surface area (Å²) in [6.45, 7) is 1.71. The minimum Gasteiger partial charge on any atom is -0.340 e. The lowest BCUT2D eigenvalue weighted by molar-refractivity contribution is 0.0731. The zero-order valence-electron chi connectivity index (χ0n) is 9.81. The Balaban J connectivity index is 2.09. The van der Waals surface area contributed by atoms with Crippen LogP contribution in [-0.4, -0.2) is 46.5 Å². The molecule has 0 aliphatic carbocycles. The van der Waals surface area contributed by atoms with Gasteiger partial charge >= 0.3 is 0 Å². The first kappa shape index (κ1) is 11.1. The maximum Gasteiger partial charge on any atom is 0.274 e. The van der Waals surface area contributed by atoms with Crippen LogP contribution in [0.15, 0.2) is 12.5 Å². The molecule has 16 heavy (non-hydrogen) atoms. The van der Waals surface area contributed by atoms with Crippen LogP contribution < -0.4 is 5.32 Å². The van der Waals surface area contributed by atoms with Gasteiger partial charge in [-0.05, 0) is 19.9 Å². The minimum absolute atomic E-state index is 0.0540. The first-order chi connectivity index (χ1) is 7.72. The molecule has 2 rings (SSSR count). The summed E-state index contributed by atoms with van der Waals surface area (Å²) in [6, 6.07) is 0.319. The third-order valence-electron chi connectivity index (χ3n) is 3.00. The number of likely N-dealkylation sites (N-methyl/N-ethyl adjacent to an activating group) is 1. The molecule has 0 bridgehead atoms. The number of hydrogen-bond acceptors (Lipinski definition) is 3. The van der Waals surface area contributed by atoms with E-state index in [4.69, 9.17) is 0 Å². The highest BCUT2D eigenvalue weighted by atomic mass is 16.2. The molecule has 1 aliphatic heterocycles. The highest BCUT2D eigenvalue weighted by molar-refractivity contribution is 5.92. The van der Waals surface area contributed by atoms with E-state index in [0.29, 0.717) is 11.7 Å². The van der Waals surface area contributed by atoms with Crippen LogP contribution in [-0.2, 0) is 7.05 Å². The summed E-state index contributed by atoms with van der Waals surface area (Å²) in [4.78, 5) is 18.2. The average molecular weight is 222 g/mol. The molecule has 0 radical (unpaired) electrons. The average Bonchev–Trinajstić information content (AvgIpc) is 2.87. The molecule has 1 N–H and O–H groups in total. The molecule has 1 saturated heterocycles. The molecule has 1 aliphatic rings. The summed E-state index contributed by atoms with van der Waals surface area (Å²) >= 11 is 0. The molecule has 0 saturated carbocycles. The molecule has 0 aromatic carbocycles. The van der Waals surface area contributed by atoms with Gasteiger partial charge in [-0.25, -0.2) is 4.98 Å². The van der Waals surface area contributed by atoms with E-state index in [1.807, 2.05) is 19.0 Å². The Kier molecular flexibility index (Phi) is 3.24. The smallest absolute Gasteiger partial charge is 0.274 e. The van der Waals surface area contributed by atoms with E-state index < -0.39 is 0 Å². The van der Waals surface area contributed by atoms with E-state index in [2.05, 4.69) is 10.3 Å². The zero-order chi connectivity index (χ0) is 11.5. The SMILES string of the molecule is CNCC1CCCN1C(=O)c1cn(C)cn1. The second kappa shape index (κ2) is 4.65. The highest BCUT2D eigenvalue weighted by Crippen LogP contribution is 2.18. The molecular formula is C11H18N4O. The Morgan fingerprint density at radius 2 is 2.50 bits per heavy atom. The fourth-order valence-electron chi connectivity index (χ4n) is 2.22. The monoisotopic (exact) mass is 222 g/mol. The number of aromatic nitrogens is 2. The summed E-state index contributed by atoms with van der Waals surface area (Å²) in [5.41, 5.74) is 0.547. The quantitative estimate of drug-likeness (QED) is 0.797. The Labute approximate surface area is 95.5 Å². The number of carbonyl (C=O) groups is 1. The number of imidazole rings is 1. The lowest BCUT2D eigenvalue weighted by Gasteiger charge is -2.23. The fourth-order valence-corrected chi connectivity index (χ4v) is 2.22. The van der Waals surface area contributed by atoms with Crippen LogP contribution in [0.25, 0.3) is 0 Å². The molecule has 1 fully saturated rings. The molecule has 1 amide bonds.